The van der Waals surface area contributed by atoms with Crippen molar-refractivity contribution >= 4 is 34.3 Å². The highest BCUT2D eigenvalue weighted by atomic mass is 32.2. The summed E-state index contributed by atoms with van der Waals surface area (Å²) in [5, 5.41) is 0. The topological polar surface area (TPSA) is 29.5 Å². The first-order valence-electron chi connectivity index (χ1n) is 7.25. The van der Waals surface area contributed by atoms with Crippen LogP contribution in [0.4, 0.5) is 0 Å². The number of carbonyl (C=O) groups excluding carboxylic acids is 1. The lowest BCUT2D eigenvalue weighted by Crippen LogP contribution is -2.28. The van der Waals surface area contributed by atoms with Crippen molar-refractivity contribution < 1.29 is 9.53 Å². The molecule has 1 saturated heterocycles. The van der Waals surface area contributed by atoms with E-state index in [0.29, 0.717) is 23.3 Å². The van der Waals surface area contributed by atoms with Crippen molar-refractivity contribution in [2.24, 2.45) is 5.92 Å². The first-order valence-corrected chi connectivity index (χ1v) is 8.65. The predicted molar refractivity (Wildman–Crippen MR) is 91.4 cm³/mol. The molecule has 0 unspecified atom stereocenters. The van der Waals surface area contributed by atoms with E-state index in [4.69, 9.17) is 17.0 Å². The van der Waals surface area contributed by atoms with Gasteiger partial charge in [-0.3, -0.25) is 4.79 Å². The van der Waals surface area contributed by atoms with E-state index in [2.05, 4.69) is 19.1 Å². The van der Waals surface area contributed by atoms with E-state index in [-0.39, 0.29) is 11.9 Å². The number of thioether (sulfide) groups is 1. The van der Waals surface area contributed by atoms with Gasteiger partial charge in [-0.05, 0) is 37.5 Å². The Morgan fingerprint density at radius 1 is 1.48 bits per heavy atom. The van der Waals surface area contributed by atoms with E-state index in [0.717, 1.165) is 12.3 Å². The van der Waals surface area contributed by atoms with Crippen molar-refractivity contribution in [1.29, 1.82) is 0 Å². The summed E-state index contributed by atoms with van der Waals surface area (Å²) in [7, 11) is 0. The molecule has 0 radical (unpaired) electrons. The Morgan fingerprint density at radius 3 is 2.86 bits per heavy atom. The van der Waals surface area contributed by atoms with Crippen molar-refractivity contribution in [3.63, 3.8) is 0 Å². The van der Waals surface area contributed by atoms with Crippen molar-refractivity contribution in [3.05, 3.63) is 35.9 Å². The molecular weight excluding hydrogens is 302 g/mol. The largest absolute Gasteiger partial charge is 0.479 e. The number of carbonyl (C=O) groups is 1. The van der Waals surface area contributed by atoms with Crippen LogP contribution in [0.25, 0.3) is 0 Å². The fourth-order valence-electron chi connectivity index (χ4n) is 2.55. The fraction of sp³-hybridized carbons (Fsp3) is 0.500. The van der Waals surface area contributed by atoms with Gasteiger partial charge >= 0.3 is 0 Å². The lowest BCUT2D eigenvalue weighted by Gasteiger charge is -2.25. The maximum absolute atomic E-state index is 12.2. The minimum absolute atomic E-state index is 0.132. The quantitative estimate of drug-likeness (QED) is 0.774. The van der Waals surface area contributed by atoms with Gasteiger partial charge in [-0.1, -0.05) is 42.1 Å². The Balaban J connectivity index is 1.89. The van der Waals surface area contributed by atoms with Crippen molar-refractivity contribution in [2.75, 3.05) is 18.9 Å². The van der Waals surface area contributed by atoms with Crippen LogP contribution < -0.4 is 0 Å². The summed E-state index contributed by atoms with van der Waals surface area (Å²) in [5.41, 5.74) is 1.18. The first kappa shape index (κ1) is 16.3. The van der Waals surface area contributed by atoms with Crippen LogP contribution in [0.3, 0.4) is 0 Å². The highest BCUT2D eigenvalue weighted by Crippen LogP contribution is 2.30. The van der Waals surface area contributed by atoms with Crippen LogP contribution >= 0.6 is 24.0 Å². The number of rotatable bonds is 5. The second-order valence-electron chi connectivity index (χ2n) is 5.20. The molecule has 5 heteroatoms. The lowest BCUT2D eigenvalue weighted by atomic mass is 10.1. The van der Waals surface area contributed by atoms with Crippen molar-refractivity contribution in [3.8, 4) is 0 Å². The summed E-state index contributed by atoms with van der Waals surface area (Å²) in [6.45, 7) is 5.42. The van der Waals surface area contributed by atoms with Crippen LogP contribution in [0.2, 0.25) is 0 Å². The molecule has 2 atom stereocenters. The molecule has 0 N–H and O–H groups in total. The van der Waals surface area contributed by atoms with Gasteiger partial charge in [0.15, 0.2) is 0 Å². The van der Waals surface area contributed by atoms with Crippen LogP contribution in [-0.4, -0.2) is 34.1 Å². The van der Waals surface area contributed by atoms with Gasteiger partial charge in [0.05, 0.1) is 12.6 Å². The van der Waals surface area contributed by atoms with Gasteiger partial charge in [-0.25, -0.2) is 0 Å². The minimum atomic E-state index is 0.132. The number of hydrogen-bond donors (Lipinski definition) is 0. The lowest BCUT2D eigenvalue weighted by molar-refractivity contribution is -0.129. The molecule has 21 heavy (non-hydrogen) atoms. The molecule has 0 aromatic heterocycles. The van der Waals surface area contributed by atoms with Crippen molar-refractivity contribution in [1.82, 2.24) is 4.90 Å². The summed E-state index contributed by atoms with van der Waals surface area (Å²) >= 11 is 6.66. The first-order chi connectivity index (χ1) is 10.1. The van der Waals surface area contributed by atoms with Crippen LogP contribution in [0.15, 0.2) is 30.3 Å². The van der Waals surface area contributed by atoms with E-state index < -0.39 is 0 Å². The summed E-state index contributed by atoms with van der Waals surface area (Å²) < 4.78 is 5.85. The molecule has 1 fully saturated rings. The second kappa shape index (κ2) is 7.80. The third-order valence-electron chi connectivity index (χ3n) is 3.69. The zero-order valence-electron chi connectivity index (χ0n) is 12.5. The SMILES string of the molecule is CCOC(=S)SC[C@H]1CC(=O)N([C@@H](C)c2ccccc2)C1. The van der Waals surface area contributed by atoms with E-state index in [1.54, 1.807) is 11.8 Å². The number of nitrogens with zero attached hydrogens (tertiary/aromatic N) is 1. The van der Waals surface area contributed by atoms with E-state index in [9.17, 15) is 4.79 Å². The molecule has 0 bridgehead atoms. The standard InChI is InChI=1S/C16H21NO2S2/c1-3-19-16(20)21-11-13-9-15(18)17(10-13)12(2)14-7-5-4-6-8-14/h4-8,12-13H,3,9-11H2,1-2H3/t12-,13-/m0/s1. The second-order valence-corrected chi connectivity index (χ2v) is 6.82. The predicted octanol–water partition coefficient (Wildman–Crippen LogP) is 3.65. The number of ether oxygens (including phenoxy) is 1. The molecule has 0 aliphatic carbocycles. The van der Waals surface area contributed by atoms with E-state index in [1.807, 2.05) is 30.0 Å². The Kier molecular flexibility index (Phi) is 6.06. The molecule has 1 amide bonds. The molecule has 1 aromatic carbocycles. The monoisotopic (exact) mass is 323 g/mol. The number of hydrogen-bond acceptors (Lipinski definition) is 4. The summed E-state index contributed by atoms with van der Waals surface area (Å²) in [4.78, 5) is 14.2. The van der Waals surface area contributed by atoms with Crippen LogP contribution in [0.1, 0.15) is 31.9 Å². The van der Waals surface area contributed by atoms with Gasteiger partial charge in [0, 0.05) is 18.7 Å². The van der Waals surface area contributed by atoms with Gasteiger partial charge in [-0.15, -0.1) is 0 Å². The van der Waals surface area contributed by atoms with Gasteiger partial charge in [0.2, 0.25) is 10.3 Å². The molecule has 0 spiro atoms. The smallest absolute Gasteiger partial charge is 0.223 e. The highest BCUT2D eigenvalue weighted by Gasteiger charge is 2.33. The van der Waals surface area contributed by atoms with Gasteiger partial charge in [0.25, 0.3) is 0 Å². The third-order valence-corrected chi connectivity index (χ3v) is 5.15. The maximum Gasteiger partial charge on any atom is 0.223 e. The van der Waals surface area contributed by atoms with Gasteiger partial charge in [0.1, 0.15) is 0 Å². The number of amides is 1. The Bertz CT molecular complexity index is 492. The zero-order valence-corrected chi connectivity index (χ0v) is 14.1. The van der Waals surface area contributed by atoms with Crippen LogP contribution in [0, 0.1) is 5.92 Å². The van der Waals surface area contributed by atoms with Gasteiger partial charge in [-0.2, -0.15) is 0 Å². The normalized spacial score (nSPS) is 19.6. The fourth-order valence-corrected chi connectivity index (χ4v) is 3.67. The van der Waals surface area contributed by atoms with Crippen LogP contribution in [-0.2, 0) is 9.53 Å². The number of benzene rings is 1. The Hall–Kier alpha value is -1.07. The Morgan fingerprint density at radius 2 is 2.19 bits per heavy atom. The average molecular weight is 323 g/mol. The molecule has 1 aliphatic heterocycles. The molecule has 114 valence electrons. The molecule has 3 nitrogen and oxygen atoms in total. The molecule has 1 aromatic rings. The van der Waals surface area contributed by atoms with Crippen LogP contribution in [0.5, 0.6) is 0 Å². The zero-order chi connectivity index (χ0) is 15.2. The number of likely N-dealkylation sites (tertiary alicyclic amines) is 1. The molecule has 0 saturated carbocycles. The summed E-state index contributed by atoms with van der Waals surface area (Å²) in [6.07, 6.45) is 0.610. The maximum atomic E-state index is 12.2. The summed E-state index contributed by atoms with van der Waals surface area (Å²) in [5.74, 6) is 1.44. The Labute approximate surface area is 136 Å². The van der Waals surface area contributed by atoms with E-state index in [1.165, 1.54) is 5.56 Å². The van der Waals surface area contributed by atoms with E-state index >= 15 is 0 Å². The number of thiocarbonyl (C=S) groups is 1. The third kappa shape index (κ3) is 4.45. The molecular formula is C16H21NO2S2. The summed E-state index contributed by atoms with van der Waals surface area (Å²) in [6, 6.07) is 10.3. The molecule has 2 rings (SSSR count). The minimum Gasteiger partial charge on any atom is -0.479 e. The van der Waals surface area contributed by atoms with Crippen molar-refractivity contribution in [2.45, 2.75) is 26.3 Å². The average Bonchev–Trinajstić information content (AvgIpc) is 2.87. The molecule has 1 aliphatic rings. The highest BCUT2D eigenvalue weighted by molar-refractivity contribution is 8.22. The van der Waals surface area contributed by atoms with Gasteiger partial charge < -0.3 is 9.64 Å². The molecule has 1 heterocycles.